The fourth-order valence-electron chi connectivity index (χ4n) is 3.50. The standard InChI is InChI=1S/C17H25NO/c1-2-9-17-15(6-1)7-3-8-16(17)12-18-11-14-5-4-10-19-13-14/h1-2,6,9,14,16,18H,3-5,7-8,10-13H2. The van der Waals surface area contributed by atoms with E-state index >= 15 is 0 Å². The first-order valence-electron chi connectivity index (χ1n) is 7.80. The third-order valence-electron chi connectivity index (χ3n) is 4.57. The first-order chi connectivity index (χ1) is 9.43. The van der Waals surface area contributed by atoms with Crippen LogP contribution in [0.25, 0.3) is 0 Å². The Morgan fingerprint density at radius 3 is 2.95 bits per heavy atom. The molecule has 1 aliphatic carbocycles. The molecule has 1 aromatic rings. The maximum Gasteiger partial charge on any atom is 0.0506 e. The van der Waals surface area contributed by atoms with Crippen molar-refractivity contribution in [1.82, 2.24) is 5.32 Å². The Bertz CT molecular complexity index is 398. The van der Waals surface area contributed by atoms with Gasteiger partial charge in [0.15, 0.2) is 0 Å². The van der Waals surface area contributed by atoms with Crippen LogP contribution in [0.2, 0.25) is 0 Å². The van der Waals surface area contributed by atoms with Crippen LogP contribution >= 0.6 is 0 Å². The molecule has 0 saturated carbocycles. The van der Waals surface area contributed by atoms with E-state index in [9.17, 15) is 0 Å². The molecule has 2 nitrogen and oxygen atoms in total. The molecule has 1 saturated heterocycles. The highest BCUT2D eigenvalue weighted by molar-refractivity contribution is 5.32. The van der Waals surface area contributed by atoms with Crippen LogP contribution in [0, 0.1) is 5.92 Å². The van der Waals surface area contributed by atoms with Crippen LogP contribution in [0.3, 0.4) is 0 Å². The Morgan fingerprint density at radius 2 is 2.05 bits per heavy atom. The molecule has 1 aromatic carbocycles. The van der Waals surface area contributed by atoms with Crippen molar-refractivity contribution >= 4 is 0 Å². The van der Waals surface area contributed by atoms with Gasteiger partial charge in [0, 0.05) is 19.7 Å². The van der Waals surface area contributed by atoms with Gasteiger partial charge in [-0.3, -0.25) is 0 Å². The predicted octanol–water partition coefficient (Wildman–Crippen LogP) is 3.12. The Labute approximate surface area is 116 Å². The Hall–Kier alpha value is -0.860. The van der Waals surface area contributed by atoms with Gasteiger partial charge in [-0.1, -0.05) is 24.3 Å². The number of aryl methyl sites for hydroxylation is 1. The summed E-state index contributed by atoms with van der Waals surface area (Å²) in [5.41, 5.74) is 3.16. The molecule has 19 heavy (non-hydrogen) atoms. The zero-order valence-electron chi connectivity index (χ0n) is 11.7. The van der Waals surface area contributed by atoms with Gasteiger partial charge in [-0.05, 0) is 55.1 Å². The van der Waals surface area contributed by atoms with Crippen molar-refractivity contribution in [1.29, 1.82) is 0 Å². The van der Waals surface area contributed by atoms with Crippen molar-refractivity contribution < 1.29 is 4.74 Å². The summed E-state index contributed by atoms with van der Waals surface area (Å²) < 4.78 is 5.54. The molecule has 2 atom stereocenters. The van der Waals surface area contributed by atoms with Gasteiger partial charge in [0.1, 0.15) is 0 Å². The number of rotatable bonds is 4. The summed E-state index contributed by atoms with van der Waals surface area (Å²) in [6.45, 7) is 4.17. The molecule has 0 spiro atoms. The van der Waals surface area contributed by atoms with E-state index < -0.39 is 0 Å². The largest absolute Gasteiger partial charge is 0.381 e. The van der Waals surface area contributed by atoms with E-state index in [1.807, 2.05) is 0 Å². The number of fused-ring (bicyclic) bond motifs is 1. The first kappa shape index (κ1) is 13.1. The molecule has 2 aliphatic rings. The molecular weight excluding hydrogens is 234 g/mol. The van der Waals surface area contributed by atoms with Crippen molar-refractivity contribution in [3.05, 3.63) is 35.4 Å². The summed E-state index contributed by atoms with van der Waals surface area (Å²) >= 11 is 0. The lowest BCUT2D eigenvalue weighted by atomic mass is 9.83. The van der Waals surface area contributed by atoms with Gasteiger partial charge < -0.3 is 10.1 Å². The molecule has 0 aromatic heterocycles. The van der Waals surface area contributed by atoms with E-state index in [0.717, 1.165) is 38.1 Å². The predicted molar refractivity (Wildman–Crippen MR) is 78.5 cm³/mol. The third kappa shape index (κ3) is 3.37. The monoisotopic (exact) mass is 259 g/mol. The smallest absolute Gasteiger partial charge is 0.0506 e. The van der Waals surface area contributed by atoms with Crippen molar-refractivity contribution in [3.8, 4) is 0 Å². The molecule has 1 fully saturated rings. The molecule has 1 heterocycles. The minimum absolute atomic E-state index is 0.717. The molecule has 3 rings (SSSR count). The minimum Gasteiger partial charge on any atom is -0.381 e. The van der Waals surface area contributed by atoms with Gasteiger partial charge in [0.05, 0.1) is 6.61 Å². The number of hydrogen-bond donors (Lipinski definition) is 1. The van der Waals surface area contributed by atoms with E-state index in [0.29, 0.717) is 0 Å². The molecular formula is C17H25NO. The van der Waals surface area contributed by atoms with Gasteiger partial charge >= 0.3 is 0 Å². The van der Waals surface area contributed by atoms with Gasteiger partial charge in [-0.15, -0.1) is 0 Å². The summed E-state index contributed by atoms with van der Waals surface area (Å²) in [5.74, 6) is 1.45. The van der Waals surface area contributed by atoms with E-state index in [1.54, 1.807) is 11.1 Å². The molecule has 1 aliphatic heterocycles. The lowest BCUT2D eigenvalue weighted by Gasteiger charge is -2.27. The van der Waals surface area contributed by atoms with E-state index in [-0.39, 0.29) is 0 Å². The quantitative estimate of drug-likeness (QED) is 0.897. The lowest BCUT2D eigenvalue weighted by Crippen LogP contribution is -2.32. The highest BCUT2D eigenvalue weighted by atomic mass is 16.5. The molecule has 104 valence electrons. The SMILES string of the molecule is c1ccc2c(c1)CCCC2CNCC1CCCOC1. The zero-order valence-corrected chi connectivity index (χ0v) is 11.7. The summed E-state index contributed by atoms with van der Waals surface area (Å²) in [7, 11) is 0. The second kappa shape index (κ2) is 6.53. The van der Waals surface area contributed by atoms with Crippen LogP contribution in [0.1, 0.15) is 42.7 Å². The summed E-state index contributed by atoms with van der Waals surface area (Å²) in [4.78, 5) is 0. The maximum atomic E-state index is 5.54. The Morgan fingerprint density at radius 1 is 1.11 bits per heavy atom. The molecule has 0 radical (unpaired) electrons. The van der Waals surface area contributed by atoms with Crippen molar-refractivity contribution in [2.24, 2.45) is 5.92 Å². The first-order valence-corrected chi connectivity index (χ1v) is 7.80. The van der Waals surface area contributed by atoms with E-state index in [1.165, 1.54) is 32.1 Å². The van der Waals surface area contributed by atoms with E-state index in [4.69, 9.17) is 4.74 Å². The number of nitrogens with one attached hydrogen (secondary N) is 1. The number of hydrogen-bond acceptors (Lipinski definition) is 2. The zero-order chi connectivity index (χ0) is 12.9. The van der Waals surface area contributed by atoms with Gasteiger partial charge in [0.2, 0.25) is 0 Å². The van der Waals surface area contributed by atoms with Crippen molar-refractivity contribution in [2.45, 2.75) is 38.0 Å². The van der Waals surface area contributed by atoms with Gasteiger partial charge in [0.25, 0.3) is 0 Å². The summed E-state index contributed by atoms with van der Waals surface area (Å²) in [5, 5.41) is 3.69. The highest BCUT2D eigenvalue weighted by Gasteiger charge is 2.20. The average Bonchev–Trinajstić information content (AvgIpc) is 2.49. The maximum absolute atomic E-state index is 5.54. The van der Waals surface area contributed by atoms with Crippen LogP contribution in [-0.2, 0) is 11.2 Å². The van der Waals surface area contributed by atoms with Gasteiger partial charge in [-0.25, -0.2) is 0 Å². The lowest BCUT2D eigenvalue weighted by molar-refractivity contribution is 0.0547. The molecule has 0 bridgehead atoms. The second-order valence-corrected chi connectivity index (χ2v) is 6.03. The third-order valence-corrected chi connectivity index (χ3v) is 4.57. The normalized spacial score (nSPS) is 26.9. The Kier molecular flexibility index (Phi) is 4.52. The number of ether oxygens (including phenoxy) is 1. The van der Waals surface area contributed by atoms with Crippen LogP contribution in [-0.4, -0.2) is 26.3 Å². The summed E-state index contributed by atoms with van der Waals surface area (Å²) in [6.07, 6.45) is 6.51. The van der Waals surface area contributed by atoms with Gasteiger partial charge in [-0.2, -0.15) is 0 Å². The summed E-state index contributed by atoms with van der Waals surface area (Å²) in [6, 6.07) is 8.99. The fourth-order valence-corrected chi connectivity index (χ4v) is 3.50. The average molecular weight is 259 g/mol. The second-order valence-electron chi connectivity index (χ2n) is 6.03. The topological polar surface area (TPSA) is 21.3 Å². The number of benzene rings is 1. The molecule has 2 unspecified atom stereocenters. The Balaban J connectivity index is 1.50. The van der Waals surface area contributed by atoms with Crippen molar-refractivity contribution in [3.63, 3.8) is 0 Å². The van der Waals surface area contributed by atoms with Crippen LogP contribution in [0.4, 0.5) is 0 Å². The van der Waals surface area contributed by atoms with Crippen molar-refractivity contribution in [2.75, 3.05) is 26.3 Å². The van der Waals surface area contributed by atoms with E-state index in [2.05, 4.69) is 29.6 Å². The van der Waals surface area contributed by atoms with Crippen LogP contribution < -0.4 is 5.32 Å². The fraction of sp³-hybridized carbons (Fsp3) is 0.647. The molecule has 2 heteroatoms. The molecule has 0 amide bonds. The molecule has 1 N–H and O–H groups in total. The van der Waals surface area contributed by atoms with Crippen LogP contribution in [0.5, 0.6) is 0 Å². The van der Waals surface area contributed by atoms with Crippen LogP contribution in [0.15, 0.2) is 24.3 Å². The minimum atomic E-state index is 0.717. The highest BCUT2D eigenvalue weighted by Crippen LogP contribution is 2.30.